The summed E-state index contributed by atoms with van der Waals surface area (Å²) in [6.07, 6.45) is 6.71. The first-order chi connectivity index (χ1) is 8.65. The average molecular weight is 331 g/mol. The summed E-state index contributed by atoms with van der Waals surface area (Å²) in [6.45, 7) is 3.27. The van der Waals surface area contributed by atoms with E-state index in [0.29, 0.717) is 6.04 Å². The van der Waals surface area contributed by atoms with Crippen LogP contribution >= 0.6 is 27.5 Å². The number of nitrogens with one attached hydrogen (secondary N) is 1. The van der Waals surface area contributed by atoms with Crippen molar-refractivity contribution in [3.05, 3.63) is 33.3 Å². The van der Waals surface area contributed by atoms with Gasteiger partial charge in [0.15, 0.2) is 0 Å². The molecule has 0 amide bonds. The molecule has 0 bridgehead atoms. The summed E-state index contributed by atoms with van der Waals surface area (Å²) in [6, 6.07) is 6.65. The van der Waals surface area contributed by atoms with E-state index in [2.05, 4.69) is 28.2 Å². The zero-order chi connectivity index (χ0) is 13.0. The van der Waals surface area contributed by atoms with E-state index in [-0.39, 0.29) is 0 Å². The van der Waals surface area contributed by atoms with E-state index in [1.54, 1.807) is 0 Å². The molecule has 0 heterocycles. The maximum atomic E-state index is 6.03. The molecule has 2 atom stereocenters. The van der Waals surface area contributed by atoms with Crippen LogP contribution in [-0.4, -0.2) is 6.04 Å². The van der Waals surface area contributed by atoms with E-state index in [0.717, 1.165) is 22.0 Å². The molecule has 2 unspecified atom stereocenters. The summed E-state index contributed by atoms with van der Waals surface area (Å²) < 4.78 is 1.14. The van der Waals surface area contributed by atoms with Crippen LogP contribution in [0, 0.1) is 5.92 Å². The molecule has 100 valence electrons. The summed E-state index contributed by atoms with van der Waals surface area (Å²) in [4.78, 5) is 0. The van der Waals surface area contributed by atoms with Gasteiger partial charge in [-0.05, 0) is 48.9 Å². The van der Waals surface area contributed by atoms with Gasteiger partial charge in [0.1, 0.15) is 0 Å². The third kappa shape index (κ3) is 4.25. The van der Waals surface area contributed by atoms with Crippen molar-refractivity contribution >= 4 is 27.5 Å². The molecule has 0 aliphatic heterocycles. The molecule has 1 aromatic rings. The molecular weight excluding hydrogens is 310 g/mol. The fourth-order valence-electron chi connectivity index (χ4n) is 2.62. The highest BCUT2D eigenvalue weighted by Gasteiger charge is 2.15. The Morgan fingerprint density at radius 3 is 2.94 bits per heavy atom. The Morgan fingerprint density at radius 2 is 2.11 bits per heavy atom. The van der Waals surface area contributed by atoms with Gasteiger partial charge in [-0.1, -0.05) is 47.3 Å². The van der Waals surface area contributed by atoms with Gasteiger partial charge in [-0.3, -0.25) is 0 Å². The second-order valence-electron chi connectivity index (χ2n) is 5.43. The minimum absolute atomic E-state index is 0.667. The molecule has 1 aromatic carbocycles. The summed E-state index contributed by atoms with van der Waals surface area (Å²) in [5.74, 6) is 0.898. The first-order valence-electron chi connectivity index (χ1n) is 6.82. The van der Waals surface area contributed by atoms with Crippen molar-refractivity contribution in [3.8, 4) is 0 Å². The van der Waals surface area contributed by atoms with Crippen LogP contribution in [0.4, 0.5) is 0 Å². The van der Waals surface area contributed by atoms with Crippen LogP contribution in [0.5, 0.6) is 0 Å². The summed E-state index contributed by atoms with van der Waals surface area (Å²) in [5.41, 5.74) is 1.25. The van der Waals surface area contributed by atoms with Crippen molar-refractivity contribution in [2.24, 2.45) is 5.92 Å². The lowest BCUT2D eigenvalue weighted by molar-refractivity contribution is 0.447. The number of hydrogen-bond donors (Lipinski definition) is 1. The predicted molar refractivity (Wildman–Crippen MR) is 82.0 cm³/mol. The van der Waals surface area contributed by atoms with Crippen molar-refractivity contribution in [1.82, 2.24) is 5.32 Å². The van der Waals surface area contributed by atoms with Gasteiger partial charge in [-0.25, -0.2) is 0 Å². The molecule has 3 heteroatoms. The van der Waals surface area contributed by atoms with Crippen LogP contribution in [0.3, 0.4) is 0 Å². The highest BCUT2D eigenvalue weighted by Crippen LogP contribution is 2.24. The van der Waals surface area contributed by atoms with Crippen molar-refractivity contribution in [2.45, 2.75) is 51.6 Å². The first kappa shape index (κ1) is 14.4. The van der Waals surface area contributed by atoms with Crippen LogP contribution in [0.25, 0.3) is 0 Å². The van der Waals surface area contributed by atoms with Gasteiger partial charge in [-0.2, -0.15) is 0 Å². The lowest BCUT2D eigenvalue weighted by Crippen LogP contribution is -2.28. The number of benzene rings is 1. The van der Waals surface area contributed by atoms with Crippen molar-refractivity contribution in [1.29, 1.82) is 0 Å². The summed E-state index contributed by atoms with van der Waals surface area (Å²) in [7, 11) is 0. The highest BCUT2D eigenvalue weighted by molar-refractivity contribution is 9.10. The van der Waals surface area contributed by atoms with Crippen LogP contribution in [0.2, 0.25) is 5.02 Å². The van der Waals surface area contributed by atoms with Gasteiger partial charge in [0, 0.05) is 22.1 Å². The van der Waals surface area contributed by atoms with E-state index in [1.807, 2.05) is 18.2 Å². The maximum absolute atomic E-state index is 6.03. The van der Waals surface area contributed by atoms with Gasteiger partial charge in [0.05, 0.1) is 0 Å². The molecule has 0 radical (unpaired) electrons. The molecule has 2 rings (SSSR count). The van der Waals surface area contributed by atoms with E-state index in [9.17, 15) is 0 Å². The van der Waals surface area contributed by atoms with Crippen LogP contribution < -0.4 is 5.32 Å². The van der Waals surface area contributed by atoms with Gasteiger partial charge in [-0.15, -0.1) is 0 Å². The second kappa shape index (κ2) is 6.93. The molecule has 1 fully saturated rings. The van der Waals surface area contributed by atoms with E-state index < -0.39 is 0 Å². The molecule has 0 saturated heterocycles. The van der Waals surface area contributed by atoms with Gasteiger partial charge < -0.3 is 5.32 Å². The Kier molecular flexibility index (Phi) is 5.53. The molecule has 1 aliphatic rings. The molecule has 1 saturated carbocycles. The molecule has 1 nitrogen and oxygen atoms in total. The third-order valence-electron chi connectivity index (χ3n) is 3.85. The normalized spacial score (nSPS) is 24.8. The van der Waals surface area contributed by atoms with Crippen LogP contribution in [0.1, 0.15) is 44.6 Å². The number of hydrogen-bond acceptors (Lipinski definition) is 1. The Bertz CT molecular complexity index is 394. The average Bonchev–Trinajstić information content (AvgIpc) is 2.55. The molecule has 18 heavy (non-hydrogen) atoms. The van der Waals surface area contributed by atoms with Crippen molar-refractivity contribution in [2.75, 3.05) is 0 Å². The third-order valence-corrected chi connectivity index (χ3v) is 4.86. The Morgan fingerprint density at radius 1 is 1.28 bits per heavy atom. The van der Waals surface area contributed by atoms with Gasteiger partial charge in [0.2, 0.25) is 0 Å². The predicted octanol–water partition coefficient (Wildman–Crippen LogP) is 5.16. The van der Waals surface area contributed by atoms with Crippen molar-refractivity contribution in [3.63, 3.8) is 0 Å². The fraction of sp³-hybridized carbons (Fsp3) is 0.600. The Labute approximate surface area is 123 Å². The molecular formula is C15H21BrClN. The minimum atomic E-state index is 0.667. The fourth-order valence-corrected chi connectivity index (χ4v) is 3.21. The standard InChI is InChI=1S/C15H21BrClN/c1-11-3-2-4-14(7-5-11)18-10-12-9-13(17)6-8-15(12)16/h6,8-9,11,14,18H,2-5,7,10H2,1H3. The van der Waals surface area contributed by atoms with E-state index in [4.69, 9.17) is 11.6 Å². The smallest absolute Gasteiger partial charge is 0.0410 e. The first-order valence-corrected chi connectivity index (χ1v) is 7.99. The topological polar surface area (TPSA) is 12.0 Å². The molecule has 0 spiro atoms. The van der Waals surface area contributed by atoms with Crippen molar-refractivity contribution < 1.29 is 0 Å². The van der Waals surface area contributed by atoms with Crippen LogP contribution in [-0.2, 0) is 6.54 Å². The summed E-state index contributed by atoms with van der Waals surface area (Å²) >= 11 is 9.62. The Balaban J connectivity index is 1.88. The molecule has 1 aliphatic carbocycles. The largest absolute Gasteiger partial charge is 0.310 e. The van der Waals surface area contributed by atoms with E-state index >= 15 is 0 Å². The summed E-state index contributed by atoms with van der Waals surface area (Å²) in [5, 5.41) is 4.49. The maximum Gasteiger partial charge on any atom is 0.0410 e. The zero-order valence-corrected chi connectivity index (χ0v) is 13.2. The molecule has 1 N–H and O–H groups in total. The number of rotatable bonds is 3. The highest BCUT2D eigenvalue weighted by atomic mass is 79.9. The lowest BCUT2D eigenvalue weighted by atomic mass is 10.0. The zero-order valence-electron chi connectivity index (χ0n) is 10.9. The molecule has 0 aromatic heterocycles. The minimum Gasteiger partial charge on any atom is -0.310 e. The van der Waals surface area contributed by atoms with E-state index in [1.165, 1.54) is 37.7 Å². The SMILES string of the molecule is CC1CCCC(NCc2cc(Cl)ccc2Br)CC1. The monoisotopic (exact) mass is 329 g/mol. The number of halogens is 2. The quantitative estimate of drug-likeness (QED) is 0.755. The lowest BCUT2D eigenvalue weighted by Gasteiger charge is -2.17. The van der Waals surface area contributed by atoms with Gasteiger partial charge in [0.25, 0.3) is 0 Å². The van der Waals surface area contributed by atoms with Gasteiger partial charge >= 0.3 is 0 Å². The Hall–Kier alpha value is -0.0500. The van der Waals surface area contributed by atoms with Crippen LogP contribution in [0.15, 0.2) is 22.7 Å². The second-order valence-corrected chi connectivity index (χ2v) is 6.72.